The van der Waals surface area contributed by atoms with Crippen LogP contribution in [-0.2, 0) is 14.4 Å². The number of aliphatic hydroxyl groups is 1. The van der Waals surface area contributed by atoms with Crippen LogP contribution in [0.5, 0.6) is 0 Å². The number of nitrogens with zero attached hydrogens (tertiary/aromatic N) is 2. The normalized spacial score (nSPS) is 26.1. The van der Waals surface area contributed by atoms with Crippen LogP contribution >= 0.6 is 0 Å². The second-order valence-corrected chi connectivity index (χ2v) is 9.93. The molecule has 2 aromatic rings. The lowest BCUT2D eigenvalue weighted by Crippen LogP contribution is -2.52. The van der Waals surface area contributed by atoms with Crippen molar-refractivity contribution in [1.82, 2.24) is 20.4 Å². The molecule has 2 aromatic carbocycles. The zero-order valence-corrected chi connectivity index (χ0v) is 20.3. The Hall–Kier alpha value is -3.72. The van der Waals surface area contributed by atoms with Crippen LogP contribution in [0.25, 0.3) is 0 Å². The maximum Gasteiger partial charge on any atom is 0.254 e. The Morgan fingerprint density at radius 2 is 1.86 bits per heavy atom. The summed E-state index contributed by atoms with van der Waals surface area (Å²) in [7, 11) is 0. The average molecular weight is 491 g/mol. The number of aryl methyl sites for hydroxylation is 2. The molecule has 5 rings (SSSR count). The molecule has 9 nitrogen and oxygen atoms in total. The van der Waals surface area contributed by atoms with Gasteiger partial charge in [0.2, 0.25) is 11.8 Å². The van der Waals surface area contributed by atoms with E-state index >= 15 is 0 Å². The third kappa shape index (κ3) is 4.24. The lowest BCUT2D eigenvalue weighted by atomic mass is 10.0. The smallest absolute Gasteiger partial charge is 0.254 e. The largest absolute Gasteiger partial charge is 0.378 e. The Labute approximate surface area is 209 Å². The van der Waals surface area contributed by atoms with E-state index in [0.717, 1.165) is 11.1 Å². The fraction of sp³-hybridized carbons (Fsp3) is 0.407. The topological polar surface area (TPSA) is 119 Å². The molecule has 3 aliphatic rings. The third-order valence-electron chi connectivity index (χ3n) is 7.46. The van der Waals surface area contributed by atoms with Gasteiger partial charge in [-0.3, -0.25) is 19.2 Å². The molecule has 3 aliphatic heterocycles. The summed E-state index contributed by atoms with van der Waals surface area (Å²) in [5, 5.41) is 16.2. The molecule has 188 valence electrons. The van der Waals surface area contributed by atoms with Crippen molar-refractivity contribution in [3.05, 3.63) is 70.8 Å². The van der Waals surface area contributed by atoms with Crippen molar-refractivity contribution >= 4 is 23.6 Å². The average Bonchev–Trinajstić information content (AvgIpc) is 3.47. The Bertz CT molecular complexity index is 1220. The number of fused-ring (bicyclic) bond motifs is 2. The second kappa shape index (κ2) is 9.39. The van der Waals surface area contributed by atoms with Crippen molar-refractivity contribution < 1.29 is 24.3 Å². The molecule has 4 amide bonds. The van der Waals surface area contributed by atoms with Gasteiger partial charge in [0.15, 0.2) is 6.10 Å². The van der Waals surface area contributed by atoms with E-state index in [1.807, 2.05) is 32.0 Å². The van der Waals surface area contributed by atoms with Crippen molar-refractivity contribution in [1.29, 1.82) is 0 Å². The van der Waals surface area contributed by atoms with Gasteiger partial charge in [-0.2, -0.15) is 0 Å². The predicted octanol–water partition coefficient (Wildman–Crippen LogP) is 0.836. The number of benzene rings is 2. The first-order valence-electron chi connectivity index (χ1n) is 12.3. The van der Waals surface area contributed by atoms with Gasteiger partial charge in [-0.25, -0.2) is 0 Å². The molecule has 0 aromatic heterocycles. The second-order valence-electron chi connectivity index (χ2n) is 9.93. The molecule has 36 heavy (non-hydrogen) atoms. The van der Waals surface area contributed by atoms with Crippen LogP contribution in [0.4, 0.5) is 0 Å². The van der Waals surface area contributed by atoms with Gasteiger partial charge in [0.1, 0.15) is 12.1 Å². The van der Waals surface area contributed by atoms with Crippen LogP contribution in [0, 0.1) is 13.8 Å². The summed E-state index contributed by atoms with van der Waals surface area (Å²) in [6, 6.07) is 11.8. The zero-order valence-electron chi connectivity index (χ0n) is 20.3. The van der Waals surface area contributed by atoms with Crippen LogP contribution < -0.4 is 10.6 Å². The lowest BCUT2D eigenvalue weighted by molar-refractivity contribution is -0.138. The highest BCUT2D eigenvalue weighted by atomic mass is 16.3. The van der Waals surface area contributed by atoms with Gasteiger partial charge in [0.25, 0.3) is 11.8 Å². The highest BCUT2D eigenvalue weighted by Crippen LogP contribution is 2.31. The summed E-state index contributed by atoms with van der Waals surface area (Å²) < 4.78 is 0. The molecule has 0 unspecified atom stereocenters. The first-order valence-corrected chi connectivity index (χ1v) is 12.3. The highest BCUT2D eigenvalue weighted by molar-refractivity contribution is 6.01. The van der Waals surface area contributed by atoms with Gasteiger partial charge < -0.3 is 25.5 Å². The van der Waals surface area contributed by atoms with Gasteiger partial charge in [0, 0.05) is 24.7 Å². The maximum atomic E-state index is 13.7. The van der Waals surface area contributed by atoms with Crippen molar-refractivity contribution in [3.8, 4) is 0 Å². The summed E-state index contributed by atoms with van der Waals surface area (Å²) in [4.78, 5) is 56.0. The fourth-order valence-electron chi connectivity index (χ4n) is 5.55. The number of hydrogen-bond donors (Lipinski definition) is 3. The van der Waals surface area contributed by atoms with Crippen LogP contribution in [0.15, 0.2) is 48.5 Å². The molecule has 3 heterocycles. The summed E-state index contributed by atoms with van der Waals surface area (Å²) >= 11 is 0. The summed E-state index contributed by atoms with van der Waals surface area (Å²) in [6.45, 7) is 4.29. The minimum atomic E-state index is -1.35. The molecule has 0 radical (unpaired) electrons. The molecule has 3 saturated heterocycles. The van der Waals surface area contributed by atoms with Crippen LogP contribution in [-0.4, -0.2) is 75.8 Å². The Kier molecular flexibility index (Phi) is 6.26. The van der Waals surface area contributed by atoms with Gasteiger partial charge in [0.05, 0.1) is 6.04 Å². The van der Waals surface area contributed by atoms with Gasteiger partial charge in [-0.1, -0.05) is 48.0 Å². The summed E-state index contributed by atoms with van der Waals surface area (Å²) in [5.41, 5.74) is 2.80. The number of aliphatic hydroxyl groups excluding tert-OH is 1. The van der Waals surface area contributed by atoms with E-state index in [2.05, 4.69) is 10.6 Å². The molecular weight excluding hydrogens is 460 g/mol. The number of hydrogen-bond acceptors (Lipinski definition) is 5. The first-order chi connectivity index (χ1) is 17.2. The monoisotopic (exact) mass is 490 g/mol. The molecule has 0 saturated carbocycles. The van der Waals surface area contributed by atoms with Gasteiger partial charge in [-0.15, -0.1) is 0 Å². The van der Waals surface area contributed by atoms with Gasteiger partial charge in [-0.05, 0) is 43.9 Å². The number of amides is 4. The minimum Gasteiger partial charge on any atom is -0.378 e. The fourth-order valence-corrected chi connectivity index (χ4v) is 5.55. The number of likely N-dealkylation sites (tertiary alicyclic amines) is 1. The van der Waals surface area contributed by atoms with Crippen molar-refractivity contribution in [2.75, 3.05) is 13.1 Å². The minimum absolute atomic E-state index is 0.138. The molecule has 5 atom stereocenters. The van der Waals surface area contributed by atoms with Crippen LogP contribution in [0.1, 0.15) is 46.0 Å². The molecule has 9 heteroatoms. The van der Waals surface area contributed by atoms with E-state index in [1.54, 1.807) is 35.2 Å². The summed E-state index contributed by atoms with van der Waals surface area (Å²) in [5.74, 6) is -1.38. The van der Waals surface area contributed by atoms with E-state index in [1.165, 1.54) is 4.90 Å². The lowest BCUT2D eigenvalue weighted by Gasteiger charge is -2.29. The maximum absolute atomic E-state index is 13.7. The van der Waals surface area contributed by atoms with Crippen molar-refractivity contribution in [2.24, 2.45) is 0 Å². The molecule has 0 spiro atoms. The van der Waals surface area contributed by atoms with E-state index < -0.39 is 36.2 Å². The number of carbonyl (C=O) groups is 4. The highest BCUT2D eigenvalue weighted by Gasteiger charge is 2.52. The number of carbonyl (C=O) groups excluding carboxylic acids is 4. The molecule has 3 N–H and O–H groups in total. The molecule has 3 fully saturated rings. The Morgan fingerprint density at radius 1 is 1.11 bits per heavy atom. The van der Waals surface area contributed by atoms with Gasteiger partial charge >= 0.3 is 0 Å². The third-order valence-corrected chi connectivity index (χ3v) is 7.46. The molecule has 0 aliphatic carbocycles. The SMILES string of the molecule is Cc1ccc(C)c(C(=O)N2CC[C@@H]3NC(=O)[C@H]4C[C@H](NC(=O)[C@@H](O)c5ccccc5)CN4C(=O)[C@H]32)c1. The molecule has 0 bridgehead atoms. The van der Waals surface area contributed by atoms with E-state index in [9.17, 15) is 24.3 Å². The number of nitrogens with one attached hydrogen (secondary N) is 2. The first kappa shape index (κ1) is 24.0. The predicted molar refractivity (Wildman–Crippen MR) is 131 cm³/mol. The Balaban J connectivity index is 1.33. The number of rotatable bonds is 4. The zero-order chi connectivity index (χ0) is 25.6. The van der Waals surface area contributed by atoms with Crippen LogP contribution in [0.3, 0.4) is 0 Å². The van der Waals surface area contributed by atoms with Crippen molar-refractivity contribution in [3.63, 3.8) is 0 Å². The molecular formula is C27H30N4O5. The summed E-state index contributed by atoms with van der Waals surface area (Å²) in [6.07, 6.45) is -0.598. The van der Waals surface area contributed by atoms with E-state index in [0.29, 0.717) is 24.1 Å². The van der Waals surface area contributed by atoms with E-state index in [4.69, 9.17) is 0 Å². The van der Waals surface area contributed by atoms with Crippen molar-refractivity contribution in [2.45, 2.75) is 57.0 Å². The van der Waals surface area contributed by atoms with Crippen LogP contribution in [0.2, 0.25) is 0 Å². The quantitative estimate of drug-likeness (QED) is 0.587. The van der Waals surface area contributed by atoms with E-state index in [-0.39, 0.29) is 30.7 Å². The Morgan fingerprint density at radius 3 is 2.61 bits per heavy atom. The standard InChI is InChI=1S/C27H30N4O5/c1-15-8-9-16(2)19(12-15)26(35)30-11-10-20-22(30)27(36)31-14-18(13-21(31)24(33)29-20)28-25(34)23(32)17-6-4-3-5-7-17/h3-9,12,18,20-23,32H,10-11,13-14H2,1-2H3,(H,28,34)(H,29,33)/t18-,20-,21+,22-,23-/m0/s1.